The minimum atomic E-state index is -0.618. The lowest BCUT2D eigenvalue weighted by Crippen LogP contribution is -2.19. The van der Waals surface area contributed by atoms with Gasteiger partial charge in [-0.15, -0.1) is 0 Å². The quantitative estimate of drug-likeness (QED) is 0.534. The summed E-state index contributed by atoms with van der Waals surface area (Å²) < 4.78 is 15.4. The van der Waals surface area contributed by atoms with E-state index in [2.05, 4.69) is 22.5 Å². The van der Waals surface area contributed by atoms with Crippen LogP contribution in [-0.4, -0.2) is 14.7 Å². The Morgan fingerprint density at radius 2 is 2.07 bits per heavy atom. The maximum atomic E-state index is 13.4. The standard InChI is InChI=1S/C20H19FN4O2/c21-15-9-10-18(20(11-15)25(26)27)23-17-7-4-8-19-16(17)12-22-24(19)13-14-5-2-1-3-6-14/h1-3,5-6,9-12,17,23H,4,7-8,13H2/t17-/m1/s1. The average molecular weight is 366 g/mol. The number of nitro groups is 1. The van der Waals surface area contributed by atoms with Crippen molar-refractivity contribution in [3.63, 3.8) is 0 Å². The molecule has 3 aromatic rings. The number of hydrogen-bond donors (Lipinski definition) is 1. The van der Waals surface area contributed by atoms with Crippen LogP contribution in [0.1, 0.15) is 35.7 Å². The third-order valence-corrected chi connectivity index (χ3v) is 4.92. The lowest BCUT2D eigenvalue weighted by molar-refractivity contribution is -0.384. The molecule has 1 heterocycles. The van der Waals surface area contributed by atoms with Crippen LogP contribution >= 0.6 is 0 Å². The minimum Gasteiger partial charge on any atom is -0.373 e. The van der Waals surface area contributed by atoms with Gasteiger partial charge in [0.15, 0.2) is 0 Å². The van der Waals surface area contributed by atoms with Gasteiger partial charge in [0.25, 0.3) is 5.69 Å². The molecule has 0 saturated carbocycles. The Hall–Kier alpha value is -3.22. The summed E-state index contributed by atoms with van der Waals surface area (Å²) in [4.78, 5) is 10.7. The average Bonchev–Trinajstić information content (AvgIpc) is 3.08. The topological polar surface area (TPSA) is 73.0 Å². The summed E-state index contributed by atoms with van der Waals surface area (Å²) in [5.74, 6) is -0.618. The number of nitrogens with zero attached hydrogens (tertiary/aromatic N) is 3. The molecule has 0 unspecified atom stereocenters. The van der Waals surface area contributed by atoms with Gasteiger partial charge in [0.1, 0.15) is 11.5 Å². The van der Waals surface area contributed by atoms with Gasteiger partial charge in [-0.1, -0.05) is 30.3 Å². The zero-order valence-corrected chi connectivity index (χ0v) is 14.6. The van der Waals surface area contributed by atoms with Crippen molar-refractivity contribution in [1.29, 1.82) is 0 Å². The number of halogens is 1. The Morgan fingerprint density at radius 3 is 2.85 bits per heavy atom. The van der Waals surface area contributed by atoms with E-state index in [0.29, 0.717) is 12.2 Å². The molecule has 0 saturated heterocycles. The van der Waals surface area contributed by atoms with Crippen LogP contribution in [0.15, 0.2) is 54.7 Å². The van der Waals surface area contributed by atoms with Gasteiger partial charge >= 0.3 is 0 Å². The number of nitrogens with one attached hydrogen (secondary N) is 1. The Labute approximate surface area is 155 Å². The molecule has 27 heavy (non-hydrogen) atoms. The Bertz CT molecular complexity index is 971. The van der Waals surface area contributed by atoms with Crippen LogP contribution in [0.3, 0.4) is 0 Å². The van der Waals surface area contributed by atoms with E-state index in [1.165, 1.54) is 17.7 Å². The van der Waals surface area contributed by atoms with Crippen LogP contribution in [0.2, 0.25) is 0 Å². The van der Waals surface area contributed by atoms with Crippen molar-refractivity contribution in [2.24, 2.45) is 0 Å². The second-order valence-electron chi connectivity index (χ2n) is 6.70. The summed E-state index contributed by atoms with van der Waals surface area (Å²) >= 11 is 0. The first-order valence-electron chi connectivity index (χ1n) is 8.91. The van der Waals surface area contributed by atoms with E-state index in [1.54, 1.807) is 0 Å². The van der Waals surface area contributed by atoms with Crippen molar-refractivity contribution >= 4 is 11.4 Å². The van der Waals surface area contributed by atoms with E-state index in [4.69, 9.17) is 0 Å². The number of hydrogen-bond acceptors (Lipinski definition) is 4. The molecule has 0 fully saturated rings. The first kappa shape index (κ1) is 17.2. The fraction of sp³-hybridized carbons (Fsp3) is 0.250. The van der Waals surface area contributed by atoms with Crippen molar-refractivity contribution in [3.8, 4) is 0 Å². The molecule has 4 rings (SSSR count). The van der Waals surface area contributed by atoms with Gasteiger partial charge in [-0.3, -0.25) is 14.8 Å². The lowest BCUT2D eigenvalue weighted by Gasteiger charge is -2.25. The second kappa shape index (κ2) is 7.19. The van der Waals surface area contributed by atoms with Crippen LogP contribution in [0, 0.1) is 15.9 Å². The fourth-order valence-corrected chi connectivity index (χ4v) is 3.63. The molecule has 0 bridgehead atoms. The number of fused-ring (bicyclic) bond motifs is 1. The molecule has 7 heteroatoms. The van der Waals surface area contributed by atoms with Crippen LogP contribution in [0.4, 0.5) is 15.8 Å². The maximum absolute atomic E-state index is 13.4. The smallest absolute Gasteiger partial charge is 0.295 e. The molecule has 0 spiro atoms. The van der Waals surface area contributed by atoms with Crippen LogP contribution in [0.25, 0.3) is 0 Å². The SMILES string of the molecule is O=[N+]([O-])c1cc(F)ccc1N[C@@H]1CCCc2c1cnn2Cc1ccccc1. The summed E-state index contributed by atoms with van der Waals surface area (Å²) in [5.41, 5.74) is 3.45. The van der Waals surface area contributed by atoms with Crippen molar-refractivity contribution in [3.05, 3.63) is 87.5 Å². The second-order valence-corrected chi connectivity index (χ2v) is 6.70. The fourth-order valence-electron chi connectivity index (χ4n) is 3.63. The number of aromatic nitrogens is 2. The molecule has 1 aliphatic carbocycles. The molecular weight excluding hydrogens is 347 g/mol. The first-order valence-corrected chi connectivity index (χ1v) is 8.91. The van der Waals surface area contributed by atoms with Crippen molar-refractivity contribution in [2.75, 3.05) is 5.32 Å². The number of nitro benzene ring substituents is 1. The highest BCUT2D eigenvalue weighted by Gasteiger charge is 2.26. The van der Waals surface area contributed by atoms with Gasteiger partial charge < -0.3 is 5.32 Å². The van der Waals surface area contributed by atoms with E-state index >= 15 is 0 Å². The summed E-state index contributed by atoms with van der Waals surface area (Å²) in [6.45, 7) is 0.694. The van der Waals surface area contributed by atoms with Crippen LogP contribution in [-0.2, 0) is 13.0 Å². The van der Waals surface area contributed by atoms with Gasteiger partial charge in [-0.2, -0.15) is 5.10 Å². The molecule has 2 aromatic carbocycles. The van der Waals surface area contributed by atoms with E-state index in [9.17, 15) is 14.5 Å². The Morgan fingerprint density at radius 1 is 1.26 bits per heavy atom. The number of benzene rings is 2. The lowest BCUT2D eigenvalue weighted by atomic mass is 9.92. The molecular formula is C20H19FN4O2. The summed E-state index contributed by atoms with van der Waals surface area (Å²) in [7, 11) is 0. The molecule has 0 aliphatic heterocycles. The van der Waals surface area contributed by atoms with Crippen molar-refractivity contribution < 1.29 is 9.31 Å². The molecule has 1 aromatic heterocycles. The normalized spacial score (nSPS) is 16.0. The third-order valence-electron chi connectivity index (χ3n) is 4.92. The number of rotatable bonds is 5. The molecule has 0 radical (unpaired) electrons. The third kappa shape index (κ3) is 3.53. The zero-order valence-electron chi connectivity index (χ0n) is 14.6. The van der Waals surface area contributed by atoms with E-state index < -0.39 is 10.7 Å². The minimum absolute atomic E-state index is 0.0811. The van der Waals surface area contributed by atoms with E-state index in [1.807, 2.05) is 29.1 Å². The highest BCUT2D eigenvalue weighted by Crippen LogP contribution is 2.35. The predicted molar refractivity (Wildman–Crippen MR) is 100 cm³/mol. The summed E-state index contributed by atoms with van der Waals surface area (Å²) in [6, 6.07) is 13.6. The monoisotopic (exact) mass is 366 g/mol. The number of anilines is 1. The van der Waals surface area contributed by atoms with Gasteiger partial charge in [0, 0.05) is 11.3 Å². The first-order chi connectivity index (χ1) is 13.1. The van der Waals surface area contributed by atoms with Crippen LogP contribution < -0.4 is 5.32 Å². The van der Waals surface area contributed by atoms with Gasteiger partial charge in [0.2, 0.25) is 0 Å². The van der Waals surface area contributed by atoms with Gasteiger partial charge in [-0.05, 0) is 37.0 Å². The maximum Gasteiger partial charge on any atom is 0.295 e. The van der Waals surface area contributed by atoms with Crippen molar-refractivity contribution in [2.45, 2.75) is 31.8 Å². The molecule has 1 N–H and O–H groups in total. The summed E-state index contributed by atoms with van der Waals surface area (Å²) in [6.07, 6.45) is 4.56. The largest absolute Gasteiger partial charge is 0.373 e. The van der Waals surface area contributed by atoms with Gasteiger partial charge in [-0.25, -0.2) is 4.39 Å². The highest BCUT2D eigenvalue weighted by molar-refractivity contribution is 5.62. The van der Waals surface area contributed by atoms with Gasteiger partial charge in [0.05, 0.1) is 29.8 Å². The Balaban J connectivity index is 1.61. The molecule has 1 atom stereocenters. The Kier molecular flexibility index (Phi) is 4.58. The molecule has 1 aliphatic rings. The van der Waals surface area contributed by atoms with E-state index in [-0.39, 0.29) is 11.7 Å². The van der Waals surface area contributed by atoms with E-state index in [0.717, 1.165) is 36.6 Å². The highest BCUT2D eigenvalue weighted by atomic mass is 19.1. The van der Waals surface area contributed by atoms with Crippen LogP contribution in [0.5, 0.6) is 0 Å². The summed E-state index contributed by atoms with van der Waals surface area (Å²) in [5, 5.41) is 19.0. The molecule has 138 valence electrons. The molecule has 0 amide bonds. The zero-order chi connectivity index (χ0) is 18.8. The van der Waals surface area contributed by atoms with Crippen molar-refractivity contribution in [1.82, 2.24) is 9.78 Å². The predicted octanol–water partition coefficient (Wildman–Crippen LogP) is 4.47. The molecule has 6 nitrogen and oxygen atoms in total.